The Kier molecular flexibility index (Phi) is 5.02. The Morgan fingerprint density at radius 3 is 2.44 bits per heavy atom. The van der Waals surface area contributed by atoms with Crippen molar-refractivity contribution >= 4 is 24.8 Å². The fraction of sp³-hybridized carbons (Fsp3) is 0.800. The molecule has 1 saturated heterocycles. The van der Waals surface area contributed by atoms with Crippen molar-refractivity contribution in [3.05, 3.63) is 12.2 Å². The zero-order valence-corrected chi connectivity index (χ0v) is 10.8. The van der Waals surface area contributed by atoms with E-state index in [9.17, 15) is 0 Å². The highest BCUT2D eigenvalue weighted by Gasteiger charge is 2.30. The number of piperidine rings is 1. The molecule has 0 bridgehead atoms. The summed E-state index contributed by atoms with van der Waals surface area (Å²) in [5.74, 6) is 1.95. The molecule has 1 aromatic heterocycles. The fourth-order valence-electron chi connectivity index (χ4n) is 2.25. The molecule has 92 valence electrons. The number of halogens is 2. The van der Waals surface area contributed by atoms with Gasteiger partial charge in [-0.1, -0.05) is 0 Å². The summed E-state index contributed by atoms with van der Waals surface area (Å²) in [4.78, 5) is 0. The molecule has 16 heavy (non-hydrogen) atoms. The second-order valence-electron chi connectivity index (χ2n) is 4.35. The lowest BCUT2D eigenvalue weighted by molar-refractivity contribution is 0.359. The topological polar surface area (TPSA) is 42.7 Å². The van der Waals surface area contributed by atoms with Crippen molar-refractivity contribution in [2.75, 3.05) is 13.1 Å². The highest BCUT2D eigenvalue weighted by Crippen LogP contribution is 2.40. The SMILES string of the molecule is Cl.Cl.c1nnc(C2CC2)n1C1CCNCC1. The van der Waals surface area contributed by atoms with Crippen LogP contribution in [0.4, 0.5) is 0 Å². The highest BCUT2D eigenvalue weighted by molar-refractivity contribution is 5.85. The number of rotatable bonds is 2. The van der Waals surface area contributed by atoms with E-state index >= 15 is 0 Å². The van der Waals surface area contributed by atoms with Crippen molar-refractivity contribution in [2.24, 2.45) is 0 Å². The van der Waals surface area contributed by atoms with E-state index in [1.54, 1.807) is 0 Å². The van der Waals surface area contributed by atoms with Crippen LogP contribution >= 0.6 is 24.8 Å². The normalized spacial score (nSPS) is 21.0. The van der Waals surface area contributed by atoms with Crippen molar-refractivity contribution in [3.63, 3.8) is 0 Å². The van der Waals surface area contributed by atoms with Gasteiger partial charge in [0.25, 0.3) is 0 Å². The largest absolute Gasteiger partial charge is 0.317 e. The zero-order chi connectivity index (χ0) is 9.38. The zero-order valence-electron chi connectivity index (χ0n) is 9.13. The van der Waals surface area contributed by atoms with Crippen molar-refractivity contribution in [3.8, 4) is 0 Å². The Morgan fingerprint density at radius 1 is 1.12 bits per heavy atom. The maximum atomic E-state index is 4.25. The van der Waals surface area contributed by atoms with Gasteiger partial charge in [-0.3, -0.25) is 0 Å². The van der Waals surface area contributed by atoms with Crippen molar-refractivity contribution in [1.82, 2.24) is 20.1 Å². The molecule has 1 N–H and O–H groups in total. The molecule has 1 aliphatic heterocycles. The molecule has 0 radical (unpaired) electrons. The van der Waals surface area contributed by atoms with E-state index in [2.05, 4.69) is 20.1 Å². The van der Waals surface area contributed by atoms with Gasteiger partial charge in [0, 0.05) is 12.0 Å². The average molecular weight is 265 g/mol. The molecule has 2 aliphatic rings. The molecule has 0 atom stereocenters. The van der Waals surface area contributed by atoms with Crippen molar-refractivity contribution in [1.29, 1.82) is 0 Å². The molecule has 2 fully saturated rings. The van der Waals surface area contributed by atoms with Gasteiger partial charge >= 0.3 is 0 Å². The summed E-state index contributed by atoms with van der Waals surface area (Å²) >= 11 is 0. The molecular weight excluding hydrogens is 247 g/mol. The molecule has 0 spiro atoms. The van der Waals surface area contributed by atoms with Crippen LogP contribution in [-0.2, 0) is 0 Å². The lowest BCUT2D eigenvalue weighted by atomic mass is 10.1. The summed E-state index contributed by atoms with van der Waals surface area (Å²) in [5.41, 5.74) is 0. The van der Waals surface area contributed by atoms with Gasteiger partial charge < -0.3 is 9.88 Å². The molecule has 0 aromatic carbocycles. The molecule has 1 aliphatic carbocycles. The van der Waals surface area contributed by atoms with E-state index in [1.807, 2.05) is 6.33 Å². The van der Waals surface area contributed by atoms with Crippen LogP contribution in [0, 0.1) is 0 Å². The number of nitrogens with one attached hydrogen (secondary N) is 1. The Labute approximate surface area is 108 Å². The summed E-state index contributed by atoms with van der Waals surface area (Å²) in [6.45, 7) is 2.26. The summed E-state index contributed by atoms with van der Waals surface area (Å²) in [5, 5.41) is 11.7. The van der Waals surface area contributed by atoms with Gasteiger partial charge in [-0.25, -0.2) is 0 Å². The van der Waals surface area contributed by atoms with E-state index in [0.717, 1.165) is 13.1 Å². The number of aromatic nitrogens is 3. The predicted octanol–water partition coefficient (Wildman–Crippen LogP) is 1.92. The molecule has 0 amide bonds. The van der Waals surface area contributed by atoms with Gasteiger partial charge in [-0.15, -0.1) is 35.0 Å². The number of hydrogen-bond acceptors (Lipinski definition) is 3. The van der Waals surface area contributed by atoms with Gasteiger partial charge in [0.15, 0.2) is 0 Å². The maximum absolute atomic E-state index is 4.25. The third kappa shape index (κ3) is 2.67. The second-order valence-corrected chi connectivity index (χ2v) is 4.35. The van der Waals surface area contributed by atoms with Crippen LogP contribution in [0.15, 0.2) is 6.33 Å². The third-order valence-electron chi connectivity index (χ3n) is 3.25. The lowest BCUT2D eigenvalue weighted by Gasteiger charge is -2.24. The average Bonchev–Trinajstić information content (AvgIpc) is 2.98. The third-order valence-corrected chi connectivity index (χ3v) is 3.25. The Morgan fingerprint density at radius 2 is 1.81 bits per heavy atom. The number of nitrogens with zero attached hydrogens (tertiary/aromatic N) is 3. The van der Waals surface area contributed by atoms with E-state index in [-0.39, 0.29) is 24.8 Å². The number of hydrogen-bond donors (Lipinski definition) is 1. The first kappa shape index (κ1) is 13.7. The van der Waals surface area contributed by atoms with Crippen molar-refractivity contribution < 1.29 is 0 Å². The van der Waals surface area contributed by atoms with Crippen LogP contribution in [0.2, 0.25) is 0 Å². The van der Waals surface area contributed by atoms with Gasteiger partial charge in [-0.05, 0) is 38.8 Å². The molecule has 3 rings (SSSR count). The molecule has 1 saturated carbocycles. The summed E-state index contributed by atoms with van der Waals surface area (Å²) in [6.07, 6.45) is 6.98. The van der Waals surface area contributed by atoms with E-state index in [0.29, 0.717) is 12.0 Å². The van der Waals surface area contributed by atoms with Gasteiger partial charge in [-0.2, -0.15) is 0 Å². The first-order valence-electron chi connectivity index (χ1n) is 5.55. The Bertz CT molecular complexity index is 318. The van der Waals surface area contributed by atoms with E-state index in [4.69, 9.17) is 0 Å². The van der Waals surface area contributed by atoms with Crippen molar-refractivity contribution in [2.45, 2.75) is 37.6 Å². The molecule has 4 nitrogen and oxygen atoms in total. The van der Waals surface area contributed by atoms with Crippen LogP contribution in [0.1, 0.15) is 43.5 Å². The summed E-state index contributed by atoms with van der Waals surface area (Å²) < 4.78 is 2.32. The quantitative estimate of drug-likeness (QED) is 0.888. The standard InChI is InChI=1S/C10H16N4.2ClH/c1-2-8(1)10-13-12-7-14(10)9-3-5-11-6-4-9;;/h7-9,11H,1-6H2;2*1H. The van der Waals surface area contributed by atoms with Crippen LogP contribution in [0.25, 0.3) is 0 Å². The van der Waals surface area contributed by atoms with Crippen LogP contribution in [0.5, 0.6) is 0 Å². The smallest absolute Gasteiger partial charge is 0.136 e. The van der Waals surface area contributed by atoms with E-state index < -0.39 is 0 Å². The van der Waals surface area contributed by atoms with Crippen LogP contribution in [-0.4, -0.2) is 27.9 Å². The fourth-order valence-corrected chi connectivity index (χ4v) is 2.25. The summed E-state index contributed by atoms with van der Waals surface area (Å²) in [7, 11) is 0. The van der Waals surface area contributed by atoms with Gasteiger partial charge in [0.1, 0.15) is 12.2 Å². The maximum Gasteiger partial charge on any atom is 0.136 e. The van der Waals surface area contributed by atoms with Crippen LogP contribution < -0.4 is 5.32 Å². The highest BCUT2D eigenvalue weighted by atomic mass is 35.5. The monoisotopic (exact) mass is 264 g/mol. The molecule has 0 unspecified atom stereocenters. The second kappa shape index (κ2) is 5.84. The molecule has 2 heterocycles. The van der Waals surface area contributed by atoms with E-state index in [1.165, 1.54) is 31.5 Å². The molecular formula is C10H18Cl2N4. The Balaban J connectivity index is 0.000000640. The first-order valence-corrected chi connectivity index (χ1v) is 5.55. The predicted molar refractivity (Wildman–Crippen MR) is 67.6 cm³/mol. The first-order chi connectivity index (χ1) is 6.95. The Hall–Kier alpha value is -0.320. The van der Waals surface area contributed by atoms with Gasteiger partial charge in [0.2, 0.25) is 0 Å². The van der Waals surface area contributed by atoms with Gasteiger partial charge in [0.05, 0.1) is 0 Å². The lowest BCUT2D eigenvalue weighted by Crippen LogP contribution is -2.29. The molecule has 1 aromatic rings. The summed E-state index contributed by atoms with van der Waals surface area (Å²) in [6, 6.07) is 0.641. The minimum Gasteiger partial charge on any atom is -0.317 e. The minimum atomic E-state index is 0. The van der Waals surface area contributed by atoms with Crippen LogP contribution in [0.3, 0.4) is 0 Å². The minimum absolute atomic E-state index is 0. The molecule has 6 heteroatoms.